The zero-order chi connectivity index (χ0) is 15.1. The molecule has 0 atom stereocenters. The van der Waals surface area contributed by atoms with E-state index in [1.165, 1.54) is 6.20 Å². The van der Waals surface area contributed by atoms with Crippen molar-refractivity contribution in [1.82, 2.24) is 20.0 Å². The average Bonchev–Trinajstić information content (AvgIpc) is 2.53. The lowest BCUT2D eigenvalue weighted by molar-refractivity contribution is 0.301. The van der Waals surface area contributed by atoms with Gasteiger partial charge in [-0.3, -0.25) is 9.48 Å². The summed E-state index contributed by atoms with van der Waals surface area (Å²) in [6, 6.07) is 7.62. The van der Waals surface area contributed by atoms with Crippen LogP contribution in [0.4, 0.5) is 0 Å². The van der Waals surface area contributed by atoms with Gasteiger partial charge in [0.25, 0.3) is 0 Å². The second kappa shape index (κ2) is 7.90. The van der Waals surface area contributed by atoms with E-state index in [0.717, 1.165) is 50.2 Å². The van der Waals surface area contributed by atoms with Crippen LogP contribution in [0.1, 0.15) is 13.8 Å². The normalized spacial score (nSPS) is 11.4. The molecule has 0 amide bonds. The molecule has 0 spiro atoms. The van der Waals surface area contributed by atoms with Crippen LogP contribution in [0, 0.1) is 0 Å². The maximum atomic E-state index is 11.8. The van der Waals surface area contributed by atoms with Crippen LogP contribution in [0.2, 0.25) is 0 Å². The molecule has 0 unspecified atom stereocenters. The molecule has 0 saturated carbocycles. The molecule has 5 heteroatoms. The van der Waals surface area contributed by atoms with Crippen molar-refractivity contribution in [3.8, 4) is 0 Å². The van der Waals surface area contributed by atoms with Crippen LogP contribution in [-0.2, 0) is 6.54 Å². The number of likely N-dealkylation sites (N-methyl/N-ethyl adjacent to an activating group) is 1. The lowest BCUT2D eigenvalue weighted by atomic mass is 10.2. The smallest absolute Gasteiger partial charge is 0.207 e. The Hall–Kier alpha value is -1.72. The average molecular weight is 288 g/mol. The molecule has 114 valence electrons. The molecule has 0 saturated heterocycles. The number of aromatic nitrogens is 2. The van der Waals surface area contributed by atoms with E-state index in [2.05, 4.69) is 29.2 Å². The molecule has 0 bridgehead atoms. The van der Waals surface area contributed by atoms with Gasteiger partial charge in [-0.1, -0.05) is 26.0 Å². The van der Waals surface area contributed by atoms with E-state index >= 15 is 0 Å². The van der Waals surface area contributed by atoms with Crippen LogP contribution < -0.4 is 10.7 Å². The summed E-state index contributed by atoms with van der Waals surface area (Å²) in [5, 5.41) is 8.39. The molecule has 1 aromatic carbocycles. The Morgan fingerprint density at radius 2 is 1.95 bits per heavy atom. The first-order chi connectivity index (χ1) is 10.3. The summed E-state index contributed by atoms with van der Waals surface area (Å²) in [4.78, 5) is 14.1. The molecule has 0 aliphatic heterocycles. The number of rotatable bonds is 8. The molecular formula is C16H24N4O. The van der Waals surface area contributed by atoms with Gasteiger partial charge in [0.1, 0.15) is 0 Å². The number of nitrogens with one attached hydrogen (secondary N) is 1. The van der Waals surface area contributed by atoms with Crippen molar-refractivity contribution < 1.29 is 0 Å². The highest BCUT2D eigenvalue weighted by molar-refractivity contribution is 5.77. The number of hydrogen-bond donors (Lipinski definition) is 1. The summed E-state index contributed by atoms with van der Waals surface area (Å²) in [6.45, 7) is 10.2. The molecule has 1 aromatic heterocycles. The van der Waals surface area contributed by atoms with E-state index in [9.17, 15) is 4.79 Å². The second-order valence-electron chi connectivity index (χ2n) is 5.03. The molecule has 2 rings (SSSR count). The van der Waals surface area contributed by atoms with Gasteiger partial charge in [-0.25, -0.2) is 0 Å². The van der Waals surface area contributed by atoms with Crippen molar-refractivity contribution in [1.29, 1.82) is 0 Å². The first-order valence-electron chi connectivity index (χ1n) is 7.64. The third-order valence-electron chi connectivity index (χ3n) is 3.76. The van der Waals surface area contributed by atoms with Gasteiger partial charge in [-0.05, 0) is 25.2 Å². The lowest BCUT2D eigenvalue weighted by Gasteiger charge is -2.18. The van der Waals surface area contributed by atoms with E-state index in [1.54, 1.807) is 0 Å². The quantitative estimate of drug-likeness (QED) is 0.745. The van der Waals surface area contributed by atoms with Crippen LogP contribution in [0.5, 0.6) is 0 Å². The Labute approximate surface area is 125 Å². The zero-order valence-corrected chi connectivity index (χ0v) is 12.9. The number of fused-ring (bicyclic) bond motifs is 1. The van der Waals surface area contributed by atoms with Gasteiger partial charge >= 0.3 is 0 Å². The van der Waals surface area contributed by atoms with Crippen molar-refractivity contribution in [3.63, 3.8) is 0 Å². The van der Waals surface area contributed by atoms with E-state index in [1.807, 2.05) is 28.9 Å². The fraction of sp³-hybridized carbons (Fsp3) is 0.500. The van der Waals surface area contributed by atoms with E-state index in [0.29, 0.717) is 0 Å². The molecule has 0 radical (unpaired) electrons. The van der Waals surface area contributed by atoms with Crippen LogP contribution in [0.25, 0.3) is 10.9 Å². The fourth-order valence-electron chi connectivity index (χ4n) is 2.43. The molecule has 1 N–H and O–H groups in total. The van der Waals surface area contributed by atoms with Gasteiger partial charge in [0.15, 0.2) is 0 Å². The Kier molecular flexibility index (Phi) is 5.90. The predicted molar refractivity (Wildman–Crippen MR) is 86.7 cm³/mol. The minimum Gasteiger partial charge on any atom is -0.314 e. The summed E-state index contributed by atoms with van der Waals surface area (Å²) < 4.78 is 1.89. The highest BCUT2D eigenvalue weighted by Crippen LogP contribution is 2.07. The standard InChI is InChI=1S/C16H24N4O/c1-3-19(4-2)11-9-17-10-12-20-15-8-6-5-7-14(15)16(21)13-18-20/h5-8,13,17H,3-4,9-12H2,1-2H3. The summed E-state index contributed by atoms with van der Waals surface area (Å²) in [5.74, 6) is 0. The van der Waals surface area contributed by atoms with E-state index < -0.39 is 0 Å². The van der Waals surface area contributed by atoms with Crippen molar-refractivity contribution in [2.24, 2.45) is 0 Å². The van der Waals surface area contributed by atoms with Gasteiger partial charge in [-0.2, -0.15) is 5.10 Å². The molecule has 0 aliphatic carbocycles. The number of para-hydroxylation sites is 1. The number of benzene rings is 1. The summed E-state index contributed by atoms with van der Waals surface area (Å²) in [6.07, 6.45) is 1.40. The van der Waals surface area contributed by atoms with Crippen molar-refractivity contribution in [2.45, 2.75) is 20.4 Å². The Bertz CT molecular complexity index is 619. The molecule has 0 fully saturated rings. The fourth-order valence-corrected chi connectivity index (χ4v) is 2.43. The monoisotopic (exact) mass is 288 g/mol. The SMILES string of the molecule is CCN(CC)CCNCCn1ncc(=O)c2ccccc21. The largest absolute Gasteiger partial charge is 0.314 e. The van der Waals surface area contributed by atoms with Gasteiger partial charge in [0, 0.05) is 25.0 Å². The third kappa shape index (κ3) is 4.12. The Morgan fingerprint density at radius 1 is 1.19 bits per heavy atom. The topological polar surface area (TPSA) is 50.2 Å². The molecule has 1 heterocycles. The molecular weight excluding hydrogens is 264 g/mol. The highest BCUT2D eigenvalue weighted by Gasteiger charge is 2.03. The Balaban J connectivity index is 1.90. The highest BCUT2D eigenvalue weighted by atomic mass is 16.1. The lowest BCUT2D eigenvalue weighted by Crippen LogP contribution is -2.33. The number of nitrogens with zero attached hydrogens (tertiary/aromatic N) is 3. The first-order valence-corrected chi connectivity index (χ1v) is 7.64. The first kappa shape index (κ1) is 15.7. The minimum atomic E-state index is -0.0173. The number of hydrogen-bond acceptors (Lipinski definition) is 4. The maximum Gasteiger partial charge on any atom is 0.207 e. The molecule has 21 heavy (non-hydrogen) atoms. The molecule has 0 aliphatic rings. The summed E-state index contributed by atoms with van der Waals surface area (Å²) in [7, 11) is 0. The van der Waals surface area contributed by atoms with Crippen LogP contribution >= 0.6 is 0 Å². The van der Waals surface area contributed by atoms with Gasteiger partial charge in [0.2, 0.25) is 5.43 Å². The van der Waals surface area contributed by atoms with E-state index in [-0.39, 0.29) is 5.43 Å². The molecule has 5 nitrogen and oxygen atoms in total. The summed E-state index contributed by atoms with van der Waals surface area (Å²) >= 11 is 0. The molecule has 2 aromatic rings. The van der Waals surface area contributed by atoms with E-state index in [4.69, 9.17) is 0 Å². The van der Waals surface area contributed by atoms with Crippen molar-refractivity contribution >= 4 is 10.9 Å². The van der Waals surface area contributed by atoms with Crippen LogP contribution in [0.15, 0.2) is 35.3 Å². The maximum absolute atomic E-state index is 11.8. The Morgan fingerprint density at radius 3 is 2.71 bits per heavy atom. The predicted octanol–water partition coefficient (Wildman–Crippen LogP) is 1.33. The van der Waals surface area contributed by atoms with Gasteiger partial charge in [-0.15, -0.1) is 0 Å². The minimum absolute atomic E-state index is 0.0173. The second-order valence-corrected chi connectivity index (χ2v) is 5.03. The van der Waals surface area contributed by atoms with Gasteiger partial charge in [0.05, 0.1) is 18.3 Å². The van der Waals surface area contributed by atoms with Gasteiger partial charge < -0.3 is 10.2 Å². The van der Waals surface area contributed by atoms with Crippen molar-refractivity contribution in [3.05, 3.63) is 40.7 Å². The van der Waals surface area contributed by atoms with Crippen LogP contribution in [-0.4, -0.2) is 47.4 Å². The summed E-state index contributed by atoms with van der Waals surface area (Å²) in [5.41, 5.74) is 0.881. The zero-order valence-electron chi connectivity index (χ0n) is 12.9. The third-order valence-corrected chi connectivity index (χ3v) is 3.76. The van der Waals surface area contributed by atoms with Crippen LogP contribution in [0.3, 0.4) is 0 Å². The van der Waals surface area contributed by atoms with Crippen molar-refractivity contribution in [2.75, 3.05) is 32.7 Å².